The van der Waals surface area contributed by atoms with Gasteiger partial charge in [-0.2, -0.15) is 0 Å². The number of benzene rings is 1. The summed E-state index contributed by atoms with van der Waals surface area (Å²) in [7, 11) is 1.57. The zero-order valence-corrected chi connectivity index (χ0v) is 16.6. The first-order valence-corrected chi connectivity index (χ1v) is 9.60. The molecule has 0 aliphatic rings. The lowest BCUT2D eigenvalue weighted by Crippen LogP contribution is -2.15. The first kappa shape index (κ1) is 19.6. The number of nitrogens with zero attached hydrogens (tertiary/aromatic N) is 4. The summed E-state index contributed by atoms with van der Waals surface area (Å²) in [5.41, 5.74) is 2.51. The zero-order valence-electron chi connectivity index (χ0n) is 15.8. The molecule has 1 aromatic carbocycles. The van der Waals surface area contributed by atoms with Crippen LogP contribution in [0.4, 0.5) is 5.69 Å². The molecule has 8 heteroatoms. The largest absolute Gasteiger partial charge is 0.495 e. The number of amides is 1. The molecule has 1 amide bonds. The van der Waals surface area contributed by atoms with E-state index < -0.39 is 0 Å². The fourth-order valence-corrected chi connectivity index (χ4v) is 3.32. The summed E-state index contributed by atoms with van der Waals surface area (Å²) in [5, 5.41) is 12.1. The number of aromatic nitrogens is 4. The number of rotatable bonds is 8. The molecule has 3 rings (SSSR count). The van der Waals surface area contributed by atoms with Gasteiger partial charge >= 0.3 is 0 Å². The van der Waals surface area contributed by atoms with Crippen LogP contribution in [0.2, 0.25) is 0 Å². The molecule has 0 atom stereocenters. The summed E-state index contributed by atoms with van der Waals surface area (Å²) in [6.07, 6.45) is 3.42. The highest BCUT2D eigenvalue weighted by molar-refractivity contribution is 7.99. The number of hydrogen-bond donors (Lipinski definition) is 1. The molecule has 0 aliphatic heterocycles. The number of carbonyl (C=O) groups excluding carboxylic acids is 1. The Balaban J connectivity index is 1.74. The van der Waals surface area contributed by atoms with Crippen molar-refractivity contribution in [3.8, 4) is 17.1 Å². The van der Waals surface area contributed by atoms with Crippen LogP contribution >= 0.6 is 11.8 Å². The maximum atomic E-state index is 12.4. The van der Waals surface area contributed by atoms with Gasteiger partial charge in [0.25, 0.3) is 0 Å². The summed E-state index contributed by atoms with van der Waals surface area (Å²) in [4.78, 5) is 16.4. The second-order valence-corrected chi connectivity index (χ2v) is 7.06. The third kappa shape index (κ3) is 4.77. The van der Waals surface area contributed by atoms with Gasteiger partial charge in [0.1, 0.15) is 5.75 Å². The summed E-state index contributed by atoms with van der Waals surface area (Å²) in [6, 6.07) is 11.0. The number of nitrogens with one attached hydrogen (secondary N) is 1. The van der Waals surface area contributed by atoms with Gasteiger partial charge in [-0.25, -0.2) is 0 Å². The van der Waals surface area contributed by atoms with Crippen LogP contribution in [0.3, 0.4) is 0 Å². The molecule has 0 radical (unpaired) electrons. The van der Waals surface area contributed by atoms with Crippen molar-refractivity contribution in [3.63, 3.8) is 0 Å². The van der Waals surface area contributed by atoms with E-state index in [1.807, 2.05) is 35.8 Å². The van der Waals surface area contributed by atoms with Gasteiger partial charge in [-0.1, -0.05) is 36.0 Å². The Morgan fingerprint density at radius 2 is 1.96 bits per heavy atom. The Hall–Kier alpha value is -3.13. The second kappa shape index (κ2) is 9.18. The number of anilines is 1. The number of pyridine rings is 1. The first-order chi connectivity index (χ1) is 13.6. The number of methoxy groups -OCH3 is 1. The number of carbonyl (C=O) groups is 1. The summed E-state index contributed by atoms with van der Waals surface area (Å²) in [6.45, 7) is 6.50. The minimum atomic E-state index is -0.148. The van der Waals surface area contributed by atoms with E-state index in [1.54, 1.807) is 31.6 Å². The monoisotopic (exact) mass is 395 g/mol. The second-order valence-electron chi connectivity index (χ2n) is 6.12. The molecular weight excluding hydrogens is 374 g/mol. The lowest BCUT2D eigenvalue weighted by molar-refractivity contribution is -0.113. The molecule has 3 aromatic rings. The van der Waals surface area contributed by atoms with Crippen molar-refractivity contribution >= 4 is 23.4 Å². The Bertz CT molecular complexity index is 972. The Kier molecular flexibility index (Phi) is 6.44. The van der Waals surface area contributed by atoms with Crippen molar-refractivity contribution in [1.29, 1.82) is 0 Å². The van der Waals surface area contributed by atoms with Crippen molar-refractivity contribution in [3.05, 3.63) is 60.9 Å². The maximum Gasteiger partial charge on any atom is 0.234 e. The number of para-hydroxylation sites is 2. The number of hydrogen-bond acceptors (Lipinski definition) is 6. The molecule has 0 fully saturated rings. The molecule has 0 aliphatic carbocycles. The molecule has 1 N–H and O–H groups in total. The Morgan fingerprint density at radius 3 is 2.68 bits per heavy atom. The molecule has 0 saturated carbocycles. The van der Waals surface area contributed by atoms with Crippen molar-refractivity contribution in [2.45, 2.75) is 18.6 Å². The van der Waals surface area contributed by atoms with E-state index in [9.17, 15) is 4.79 Å². The van der Waals surface area contributed by atoms with Crippen LogP contribution in [0, 0.1) is 0 Å². The fraction of sp³-hybridized carbons (Fsp3) is 0.200. The van der Waals surface area contributed by atoms with Crippen molar-refractivity contribution in [1.82, 2.24) is 19.7 Å². The Morgan fingerprint density at radius 1 is 1.21 bits per heavy atom. The molecule has 0 unspecified atom stereocenters. The molecule has 0 saturated heterocycles. The van der Waals surface area contributed by atoms with Gasteiger partial charge in [-0.15, -0.1) is 10.2 Å². The van der Waals surface area contributed by atoms with E-state index in [1.165, 1.54) is 11.8 Å². The van der Waals surface area contributed by atoms with Crippen LogP contribution in [0.1, 0.15) is 6.92 Å². The average molecular weight is 395 g/mol. The van der Waals surface area contributed by atoms with Crippen LogP contribution in [-0.4, -0.2) is 38.5 Å². The SMILES string of the molecule is C=C(C)Cn1c(SCC(=O)Nc2ccccc2OC)nnc1-c1ccncc1. The zero-order chi connectivity index (χ0) is 19.9. The summed E-state index contributed by atoms with van der Waals surface area (Å²) >= 11 is 1.33. The van der Waals surface area contributed by atoms with Gasteiger partial charge in [0.2, 0.25) is 5.91 Å². The molecule has 2 aromatic heterocycles. The van der Waals surface area contributed by atoms with Crippen molar-refractivity contribution in [2.75, 3.05) is 18.2 Å². The highest BCUT2D eigenvalue weighted by Crippen LogP contribution is 2.26. The molecule has 144 valence electrons. The van der Waals surface area contributed by atoms with E-state index in [0.717, 1.165) is 17.0 Å². The number of allylic oxidation sites excluding steroid dienone is 1. The van der Waals surface area contributed by atoms with Gasteiger partial charge < -0.3 is 10.1 Å². The third-order valence-electron chi connectivity index (χ3n) is 3.80. The molecule has 0 spiro atoms. The quantitative estimate of drug-likeness (QED) is 0.463. The third-order valence-corrected chi connectivity index (χ3v) is 4.76. The lowest BCUT2D eigenvalue weighted by Gasteiger charge is -2.11. The van der Waals surface area contributed by atoms with E-state index in [2.05, 4.69) is 27.1 Å². The van der Waals surface area contributed by atoms with Gasteiger partial charge in [0.05, 0.1) is 18.6 Å². The summed E-state index contributed by atoms with van der Waals surface area (Å²) in [5.74, 6) is 1.39. The predicted molar refractivity (Wildman–Crippen MR) is 110 cm³/mol. The molecule has 2 heterocycles. The van der Waals surface area contributed by atoms with Crippen LogP contribution in [0.15, 0.2) is 66.1 Å². The smallest absolute Gasteiger partial charge is 0.234 e. The fourth-order valence-electron chi connectivity index (χ4n) is 2.59. The predicted octanol–water partition coefficient (Wildman–Crippen LogP) is 3.66. The van der Waals surface area contributed by atoms with Gasteiger partial charge in [-0.3, -0.25) is 14.3 Å². The summed E-state index contributed by atoms with van der Waals surface area (Å²) < 4.78 is 7.22. The van der Waals surface area contributed by atoms with Crippen LogP contribution < -0.4 is 10.1 Å². The molecule has 28 heavy (non-hydrogen) atoms. The van der Waals surface area contributed by atoms with E-state index in [-0.39, 0.29) is 11.7 Å². The van der Waals surface area contributed by atoms with Gasteiger partial charge in [0.15, 0.2) is 11.0 Å². The highest BCUT2D eigenvalue weighted by atomic mass is 32.2. The van der Waals surface area contributed by atoms with E-state index >= 15 is 0 Å². The standard InChI is InChI=1S/C20H21N5O2S/c1-14(2)12-25-19(15-8-10-21-11-9-15)23-24-20(25)28-13-18(26)22-16-6-4-5-7-17(16)27-3/h4-11H,1,12-13H2,2-3H3,(H,22,26). The minimum absolute atomic E-state index is 0.148. The van der Waals surface area contributed by atoms with E-state index in [4.69, 9.17) is 4.74 Å². The minimum Gasteiger partial charge on any atom is -0.495 e. The topological polar surface area (TPSA) is 81.9 Å². The number of ether oxygens (including phenoxy) is 1. The molecule has 0 bridgehead atoms. The number of thioether (sulfide) groups is 1. The van der Waals surface area contributed by atoms with E-state index in [0.29, 0.717) is 23.1 Å². The molecular formula is C20H21N5O2S. The average Bonchev–Trinajstić information content (AvgIpc) is 3.09. The highest BCUT2D eigenvalue weighted by Gasteiger charge is 2.16. The van der Waals surface area contributed by atoms with Crippen LogP contribution in [-0.2, 0) is 11.3 Å². The van der Waals surface area contributed by atoms with Crippen molar-refractivity contribution in [2.24, 2.45) is 0 Å². The van der Waals surface area contributed by atoms with Gasteiger partial charge in [0, 0.05) is 24.5 Å². The van der Waals surface area contributed by atoms with Crippen LogP contribution in [0.25, 0.3) is 11.4 Å². The molecule has 7 nitrogen and oxygen atoms in total. The first-order valence-electron chi connectivity index (χ1n) is 8.62. The van der Waals surface area contributed by atoms with Gasteiger partial charge in [-0.05, 0) is 31.2 Å². The normalized spacial score (nSPS) is 10.5. The Labute approximate surface area is 167 Å². The maximum absolute atomic E-state index is 12.4. The van der Waals surface area contributed by atoms with Crippen molar-refractivity contribution < 1.29 is 9.53 Å². The van der Waals surface area contributed by atoms with Crippen LogP contribution in [0.5, 0.6) is 5.75 Å². The lowest BCUT2D eigenvalue weighted by atomic mass is 10.2.